The fraction of sp³-hybridized carbons (Fsp3) is 0.938. The summed E-state index contributed by atoms with van der Waals surface area (Å²) in [6.45, 7) is 12.8. The molecule has 2 N–H and O–H groups in total. The van der Waals surface area contributed by atoms with Gasteiger partial charge >= 0.3 is 0 Å². The Hall–Kier alpha value is -0.770. The van der Waals surface area contributed by atoms with Gasteiger partial charge in [0.05, 0.1) is 0 Å². The molecule has 0 saturated carbocycles. The van der Waals surface area contributed by atoms with Crippen LogP contribution >= 0.6 is 0 Å². The zero-order valence-electron chi connectivity index (χ0n) is 13.7. The first-order valence-electron chi connectivity index (χ1n) is 8.30. The zero-order valence-corrected chi connectivity index (χ0v) is 13.7. The van der Waals surface area contributed by atoms with Gasteiger partial charge in [0.25, 0.3) is 0 Å². The van der Waals surface area contributed by atoms with Crippen molar-refractivity contribution in [3.63, 3.8) is 0 Å². The van der Waals surface area contributed by atoms with Gasteiger partial charge in [0.1, 0.15) is 0 Å². The van der Waals surface area contributed by atoms with Crippen molar-refractivity contribution in [3.8, 4) is 0 Å². The molecular weight excluding hydrogens is 250 g/mol. The van der Waals surface area contributed by atoms with Crippen molar-refractivity contribution in [1.29, 1.82) is 0 Å². The third-order valence-electron chi connectivity index (χ3n) is 4.44. The molecule has 2 unspecified atom stereocenters. The van der Waals surface area contributed by atoms with Crippen molar-refractivity contribution in [2.24, 2.45) is 22.7 Å². The van der Waals surface area contributed by atoms with Crippen LogP contribution in [0.25, 0.3) is 0 Å². The first-order chi connectivity index (χ1) is 9.65. The number of hydrogen-bond donors (Lipinski definition) is 2. The summed E-state index contributed by atoms with van der Waals surface area (Å²) >= 11 is 0. The summed E-state index contributed by atoms with van der Waals surface area (Å²) in [5.74, 6) is 2.92. The van der Waals surface area contributed by atoms with Crippen LogP contribution in [0.2, 0.25) is 0 Å². The smallest absolute Gasteiger partial charge is 0.193 e. The molecule has 118 valence electrons. The highest BCUT2D eigenvalue weighted by molar-refractivity contribution is 5.80. The predicted octanol–water partition coefficient (Wildman–Crippen LogP) is 2.34. The van der Waals surface area contributed by atoms with Gasteiger partial charge in [-0.05, 0) is 31.1 Å². The Labute approximate surface area is 124 Å². The van der Waals surface area contributed by atoms with Crippen LogP contribution < -0.4 is 5.32 Å². The monoisotopic (exact) mass is 283 g/mol. The molecule has 2 atom stereocenters. The quantitative estimate of drug-likeness (QED) is 0.557. The Bertz CT molecular complexity index is 289. The largest absolute Gasteiger partial charge is 0.396 e. The van der Waals surface area contributed by atoms with Gasteiger partial charge < -0.3 is 15.3 Å². The van der Waals surface area contributed by atoms with Crippen molar-refractivity contribution in [2.75, 3.05) is 32.8 Å². The van der Waals surface area contributed by atoms with E-state index in [1.165, 1.54) is 19.3 Å². The Morgan fingerprint density at radius 2 is 2.05 bits per heavy atom. The lowest BCUT2D eigenvalue weighted by molar-refractivity contribution is 0.241. The van der Waals surface area contributed by atoms with Crippen LogP contribution in [-0.2, 0) is 0 Å². The Balaban J connectivity index is 2.60. The maximum absolute atomic E-state index is 9.12. The summed E-state index contributed by atoms with van der Waals surface area (Å²) in [5.41, 5.74) is 0. The van der Waals surface area contributed by atoms with Crippen LogP contribution in [0.1, 0.15) is 47.0 Å². The topological polar surface area (TPSA) is 47.9 Å². The van der Waals surface area contributed by atoms with Gasteiger partial charge in [-0.15, -0.1) is 0 Å². The van der Waals surface area contributed by atoms with E-state index in [0.717, 1.165) is 37.4 Å². The third-order valence-corrected chi connectivity index (χ3v) is 4.44. The second-order valence-corrected chi connectivity index (χ2v) is 6.05. The number of nitrogens with one attached hydrogen (secondary N) is 1. The molecule has 0 aromatic heterocycles. The van der Waals surface area contributed by atoms with E-state index in [9.17, 15) is 0 Å². The van der Waals surface area contributed by atoms with E-state index >= 15 is 0 Å². The highest BCUT2D eigenvalue weighted by Gasteiger charge is 2.29. The molecule has 1 fully saturated rings. The highest BCUT2D eigenvalue weighted by Crippen LogP contribution is 2.28. The molecule has 1 heterocycles. The Kier molecular flexibility index (Phi) is 7.97. The summed E-state index contributed by atoms with van der Waals surface area (Å²) in [7, 11) is 0. The lowest BCUT2D eigenvalue weighted by Crippen LogP contribution is -2.40. The molecule has 1 rings (SSSR count). The van der Waals surface area contributed by atoms with Crippen molar-refractivity contribution in [3.05, 3.63) is 0 Å². The third kappa shape index (κ3) is 4.97. The molecule has 0 bridgehead atoms. The fourth-order valence-corrected chi connectivity index (χ4v) is 3.05. The molecule has 0 aromatic rings. The molecule has 0 aliphatic carbocycles. The minimum atomic E-state index is 0.208. The number of hydrogen-bond acceptors (Lipinski definition) is 2. The standard InChI is InChI=1S/C16H33N3O/c1-5-14(6-2)15-8-9-19(11-15)16(17-7-3)18-10-13(4)12-20/h13-15,20H,5-12H2,1-4H3,(H,17,18). The van der Waals surface area contributed by atoms with Crippen LogP contribution in [0.15, 0.2) is 4.99 Å². The summed E-state index contributed by atoms with van der Waals surface area (Å²) in [6, 6.07) is 0. The number of likely N-dealkylation sites (tertiary alicyclic amines) is 1. The van der Waals surface area contributed by atoms with Crippen LogP contribution in [0.4, 0.5) is 0 Å². The average molecular weight is 283 g/mol. The van der Waals surface area contributed by atoms with Gasteiger partial charge in [0.15, 0.2) is 5.96 Å². The summed E-state index contributed by atoms with van der Waals surface area (Å²) in [4.78, 5) is 7.08. The maximum Gasteiger partial charge on any atom is 0.193 e. The highest BCUT2D eigenvalue weighted by atomic mass is 16.3. The van der Waals surface area contributed by atoms with Crippen molar-refractivity contribution in [1.82, 2.24) is 10.2 Å². The Morgan fingerprint density at radius 3 is 2.60 bits per heavy atom. The molecule has 4 heteroatoms. The van der Waals surface area contributed by atoms with Gasteiger partial charge in [0.2, 0.25) is 0 Å². The molecular formula is C16H33N3O. The van der Waals surface area contributed by atoms with E-state index in [1.54, 1.807) is 0 Å². The van der Waals surface area contributed by atoms with Crippen molar-refractivity contribution >= 4 is 5.96 Å². The molecule has 0 spiro atoms. The van der Waals surface area contributed by atoms with E-state index in [1.807, 2.05) is 6.92 Å². The molecule has 0 radical (unpaired) electrons. The normalized spacial score (nSPS) is 21.6. The van der Waals surface area contributed by atoms with Crippen LogP contribution in [0.3, 0.4) is 0 Å². The summed E-state index contributed by atoms with van der Waals surface area (Å²) < 4.78 is 0. The predicted molar refractivity (Wildman–Crippen MR) is 86.0 cm³/mol. The second-order valence-electron chi connectivity index (χ2n) is 6.05. The average Bonchev–Trinajstić information content (AvgIpc) is 2.94. The number of nitrogens with zero attached hydrogens (tertiary/aromatic N) is 2. The molecule has 1 aliphatic rings. The first-order valence-corrected chi connectivity index (χ1v) is 8.30. The minimum absolute atomic E-state index is 0.208. The molecule has 1 aliphatic heterocycles. The number of aliphatic hydroxyl groups excluding tert-OH is 1. The summed E-state index contributed by atoms with van der Waals surface area (Å²) in [6.07, 6.45) is 3.85. The SMILES string of the molecule is CCNC(=NCC(C)CO)N1CCC(C(CC)CC)C1. The lowest BCUT2D eigenvalue weighted by atomic mass is 9.87. The number of aliphatic hydroxyl groups is 1. The lowest BCUT2D eigenvalue weighted by Gasteiger charge is -2.24. The van der Waals surface area contributed by atoms with Gasteiger partial charge in [-0.3, -0.25) is 4.99 Å². The number of rotatable bonds is 7. The van der Waals surface area contributed by atoms with Crippen LogP contribution in [-0.4, -0.2) is 48.8 Å². The summed E-state index contributed by atoms with van der Waals surface area (Å²) in [5, 5.41) is 12.5. The second kappa shape index (κ2) is 9.22. The fourth-order valence-electron chi connectivity index (χ4n) is 3.05. The molecule has 0 aromatic carbocycles. The zero-order chi connectivity index (χ0) is 15.0. The van der Waals surface area contributed by atoms with Gasteiger partial charge in [-0.25, -0.2) is 0 Å². The van der Waals surface area contributed by atoms with E-state index in [0.29, 0.717) is 6.54 Å². The molecule has 4 nitrogen and oxygen atoms in total. The van der Waals surface area contributed by atoms with E-state index in [4.69, 9.17) is 5.11 Å². The molecule has 1 saturated heterocycles. The van der Waals surface area contributed by atoms with Gasteiger partial charge in [-0.1, -0.05) is 33.6 Å². The van der Waals surface area contributed by atoms with Gasteiger partial charge in [0, 0.05) is 32.8 Å². The minimum Gasteiger partial charge on any atom is -0.396 e. The van der Waals surface area contributed by atoms with Crippen molar-refractivity contribution in [2.45, 2.75) is 47.0 Å². The number of guanidine groups is 1. The van der Waals surface area contributed by atoms with Crippen LogP contribution in [0.5, 0.6) is 0 Å². The molecule has 20 heavy (non-hydrogen) atoms. The van der Waals surface area contributed by atoms with Crippen molar-refractivity contribution < 1.29 is 5.11 Å². The maximum atomic E-state index is 9.12. The van der Waals surface area contributed by atoms with E-state index in [-0.39, 0.29) is 12.5 Å². The Morgan fingerprint density at radius 1 is 1.35 bits per heavy atom. The van der Waals surface area contributed by atoms with Crippen LogP contribution in [0, 0.1) is 17.8 Å². The molecule has 0 amide bonds. The number of aliphatic imine (C=N–C) groups is 1. The van der Waals surface area contributed by atoms with E-state index in [2.05, 4.69) is 36.0 Å². The van der Waals surface area contributed by atoms with E-state index < -0.39 is 0 Å². The van der Waals surface area contributed by atoms with Gasteiger partial charge in [-0.2, -0.15) is 0 Å². The first kappa shape index (κ1) is 17.3.